The van der Waals surface area contributed by atoms with Crippen molar-refractivity contribution < 1.29 is 14.7 Å². The number of likely N-dealkylation sites (tertiary alicyclic amines) is 2. The van der Waals surface area contributed by atoms with Gasteiger partial charge in [0.15, 0.2) is 0 Å². The number of carbonyl (C=O) groups excluding carboxylic acids is 1. The lowest BCUT2D eigenvalue weighted by molar-refractivity contribution is -0.148. The first-order valence-electron chi connectivity index (χ1n) is 7.94. The van der Waals surface area contributed by atoms with Crippen LogP contribution < -0.4 is 5.32 Å². The van der Waals surface area contributed by atoms with Gasteiger partial charge in [-0.3, -0.25) is 4.79 Å². The zero-order valence-corrected chi connectivity index (χ0v) is 13.1. The number of hydrogen-bond acceptors (Lipinski definition) is 3. The van der Waals surface area contributed by atoms with Gasteiger partial charge in [-0.05, 0) is 39.3 Å². The number of carboxylic acids is 1. The average molecular weight is 297 g/mol. The summed E-state index contributed by atoms with van der Waals surface area (Å²) in [6.07, 6.45) is 4.13. The zero-order chi connectivity index (χ0) is 15.5. The van der Waals surface area contributed by atoms with E-state index in [4.69, 9.17) is 0 Å². The fourth-order valence-corrected chi connectivity index (χ4v) is 3.56. The molecular weight excluding hydrogens is 270 g/mol. The molecule has 0 saturated carbocycles. The highest BCUT2D eigenvalue weighted by Gasteiger charge is 2.45. The Morgan fingerprint density at radius 2 is 2.14 bits per heavy atom. The van der Waals surface area contributed by atoms with Crippen molar-refractivity contribution in [3.05, 3.63) is 0 Å². The molecule has 2 fully saturated rings. The summed E-state index contributed by atoms with van der Waals surface area (Å²) >= 11 is 0. The molecule has 6 heteroatoms. The first-order chi connectivity index (χ1) is 9.97. The van der Waals surface area contributed by atoms with Crippen LogP contribution in [0.1, 0.15) is 39.0 Å². The van der Waals surface area contributed by atoms with Crippen LogP contribution in [0.5, 0.6) is 0 Å². The van der Waals surface area contributed by atoms with Gasteiger partial charge in [0.2, 0.25) is 0 Å². The molecule has 0 radical (unpaired) electrons. The summed E-state index contributed by atoms with van der Waals surface area (Å²) < 4.78 is 0. The van der Waals surface area contributed by atoms with E-state index in [1.807, 2.05) is 6.92 Å². The number of nitrogens with one attached hydrogen (secondary N) is 1. The predicted molar refractivity (Wildman–Crippen MR) is 80.2 cm³/mol. The molecule has 2 atom stereocenters. The molecule has 0 aromatic carbocycles. The van der Waals surface area contributed by atoms with Crippen LogP contribution in [0, 0.1) is 5.41 Å². The Bertz CT molecular complexity index is 402. The number of hydrogen-bond donors (Lipinski definition) is 2. The molecule has 2 unspecified atom stereocenters. The van der Waals surface area contributed by atoms with Crippen molar-refractivity contribution >= 4 is 12.0 Å². The molecule has 6 nitrogen and oxygen atoms in total. The topological polar surface area (TPSA) is 72.9 Å². The Hall–Kier alpha value is -1.30. The van der Waals surface area contributed by atoms with Crippen LogP contribution in [0.15, 0.2) is 0 Å². The Morgan fingerprint density at radius 1 is 1.38 bits per heavy atom. The smallest absolute Gasteiger partial charge is 0.317 e. The summed E-state index contributed by atoms with van der Waals surface area (Å²) in [5, 5.41) is 12.5. The first kappa shape index (κ1) is 16.1. The van der Waals surface area contributed by atoms with Crippen molar-refractivity contribution in [2.75, 3.05) is 33.2 Å². The summed E-state index contributed by atoms with van der Waals surface area (Å²) in [7, 11) is 2.06. The van der Waals surface area contributed by atoms with Crippen LogP contribution in [-0.2, 0) is 4.79 Å². The van der Waals surface area contributed by atoms with Gasteiger partial charge in [-0.2, -0.15) is 0 Å². The maximum Gasteiger partial charge on any atom is 0.317 e. The maximum atomic E-state index is 12.3. The summed E-state index contributed by atoms with van der Waals surface area (Å²) in [5.41, 5.74) is -0.741. The molecule has 2 saturated heterocycles. The fraction of sp³-hybridized carbons (Fsp3) is 0.867. The van der Waals surface area contributed by atoms with Gasteiger partial charge in [-0.1, -0.05) is 13.3 Å². The van der Waals surface area contributed by atoms with Gasteiger partial charge in [0.25, 0.3) is 0 Å². The van der Waals surface area contributed by atoms with Crippen LogP contribution in [0.25, 0.3) is 0 Å². The Labute approximate surface area is 126 Å². The van der Waals surface area contributed by atoms with Gasteiger partial charge >= 0.3 is 12.0 Å². The number of rotatable bonds is 4. The summed E-state index contributed by atoms with van der Waals surface area (Å²) in [6, 6.07) is 0.0804. The molecule has 2 heterocycles. The van der Waals surface area contributed by atoms with E-state index in [2.05, 4.69) is 17.3 Å². The van der Waals surface area contributed by atoms with Crippen molar-refractivity contribution in [3.8, 4) is 0 Å². The van der Waals surface area contributed by atoms with Crippen LogP contribution in [0.4, 0.5) is 4.79 Å². The molecular formula is C15H27N3O3. The van der Waals surface area contributed by atoms with Crippen LogP contribution >= 0.6 is 0 Å². The summed E-state index contributed by atoms with van der Waals surface area (Å²) in [6.45, 7) is 4.82. The Morgan fingerprint density at radius 3 is 2.76 bits per heavy atom. The Kier molecular flexibility index (Phi) is 5.08. The fourth-order valence-electron chi connectivity index (χ4n) is 3.56. The lowest BCUT2D eigenvalue weighted by atomic mass is 9.83. The molecule has 0 aromatic heterocycles. The van der Waals surface area contributed by atoms with E-state index in [1.165, 1.54) is 0 Å². The number of likely N-dealkylation sites (N-methyl/N-ethyl adjacent to an activating group) is 1. The third-order valence-electron chi connectivity index (χ3n) is 4.78. The molecule has 0 aromatic rings. The zero-order valence-electron chi connectivity index (χ0n) is 13.1. The molecule has 2 N–H and O–H groups in total. The van der Waals surface area contributed by atoms with Gasteiger partial charge in [0.05, 0.1) is 5.41 Å². The average Bonchev–Trinajstić information content (AvgIpc) is 2.85. The molecule has 21 heavy (non-hydrogen) atoms. The van der Waals surface area contributed by atoms with E-state index < -0.39 is 11.4 Å². The number of amides is 2. The highest BCUT2D eigenvalue weighted by Crippen LogP contribution is 2.35. The van der Waals surface area contributed by atoms with Gasteiger partial charge < -0.3 is 20.2 Å². The first-order valence-corrected chi connectivity index (χ1v) is 7.94. The van der Waals surface area contributed by atoms with Crippen molar-refractivity contribution in [3.63, 3.8) is 0 Å². The minimum atomic E-state index is -0.767. The van der Waals surface area contributed by atoms with Crippen molar-refractivity contribution in [1.82, 2.24) is 15.1 Å². The monoisotopic (exact) mass is 297 g/mol. The minimum absolute atomic E-state index is 0.102. The SMILES string of the molecule is CCCC1(C(=O)O)CCN(C(=O)NC2CCCN(C)C2)C1. The largest absolute Gasteiger partial charge is 0.481 e. The van der Waals surface area contributed by atoms with Crippen molar-refractivity contribution in [2.24, 2.45) is 5.41 Å². The highest BCUT2D eigenvalue weighted by atomic mass is 16.4. The van der Waals surface area contributed by atoms with E-state index in [1.54, 1.807) is 4.90 Å². The number of nitrogens with zero attached hydrogens (tertiary/aromatic N) is 2. The lowest BCUT2D eigenvalue weighted by Crippen LogP contribution is -2.50. The second-order valence-electron chi connectivity index (χ2n) is 6.56. The number of piperidine rings is 1. The van der Waals surface area contributed by atoms with Crippen LogP contribution in [0.3, 0.4) is 0 Å². The van der Waals surface area contributed by atoms with E-state index >= 15 is 0 Å². The molecule has 120 valence electrons. The predicted octanol–water partition coefficient (Wildman–Crippen LogP) is 1.37. The standard InChI is InChI=1S/C15H27N3O3/c1-3-6-15(13(19)20)7-9-18(11-15)14(21)16-12-5-4-8-17(2)10-12/h12H,3-11H2,1-2H3,(H,16,21)(H,19,20). The van der Waals surface area contributed by atoms with Gasteiger partial charge in [0, 0.05) is 25.7 Å². The second-order valence-corrected chi connectivity index (χ2v) is 6.56. The highest BCUT2D eigenvalue weighted by molar-refractivity contribution is 5.79. The second kappa shape index (κ2) is 6.64. The number of aliphatic carboxylic acids is 1. The van der Waals surface area contributed by atoms with Crippen LogP contribution in [-0.4, -0.2) is 66.2 Å². The number of carboxylic acid groups (broad SMARTS) is 1. The summed E-state index contributed by atoms with van der Waals surface area (Å²) in [5.74, 6) is -0.767. The molecule has 0 aliphatic carbocycles. The van der Waals surface area contributed by atoms with Gasteiger partial charge in [0.1, 0.15) is 0 Å². The number of carbonyl (C=O) groups is 2. The quantitative estimate of drug-likeness (QED) is 0.822. The minimum Gasteiger partial charge on any atom is -0.481 e. The third kappa shape index (κ3) is 3.67. The third-order valence-corrected chi connectivity index (χ3v) is 4.78. The van der Waals surface area contributed by atoms with Crippen molar-refractivity contribution in [1.29, 1.82) is 0 Å². The van der Waals surface area contributed by atoms with Gasteiger partial charge in [-0.25, -0.2) is 4.79 Å². The van der Waals surface area contributed by atoms with Crippen LogP contribution in [0.2, 0.25) is 0 Å². The molecule has 2 rings (SSSR count). The van der Waals surface area contributed by atoms with E-state index in [-0.39, 0.29) is 12.1 Å². The van der Waals surface area contributed by atoms with E-state index in [0.717, 1.165) is 32.4 Å². The maximum absolute atomic E-state index is 12.3. The van der Waals surface area contributed by atoms with E-state index in [0.29, 0.717) is 25.9 Å². The number of urea groups is 1. The lowest BCUT2D eigenvalue weighted by Gasteiger charge is -2.32. The molecule has 2 aliphatic rings. The Balaban J connectivity index is 1.90. The molecule has 0 bridgehead atoms. The molecule has 0 spiro atoms. The molecule has 2 amide bonds. The van der Waals surface area contributed by atoms with Gasteiger partial charge in [-0.15, -0.1) is 0 Å². The summed E-state index contributed by atoms with van der Waals surface area (Å²) in [4.78, 5) is 27.8. The normalized spacial score (nSPS) is 30.4. The van der Waals surface area contributed by atoms with E-state index in [9.17, 15) is 14.7 Å². The molecule has 2 aliphatic heterocycles. The van der Waals surface area contributed by atoms with Crippen molar-refractivity contribution in [2.45, 2.75) is 45.1 Å².